The monoisotopic (exact) mass is 458 g/mol. The molecule has 3 amide bonds. The van der Waals surface area contributed by atoms with Gasteiger partial charge in [-0.2, -0.15) is 0 Å². The highest BCUT2D eigenvalue weighted by Crippen LogP contribution is 2.24. The van der Waals surface area contributed by atoms with E-state index in [1.807, 2.05) is 30.3 Å². The smallest absolute Gasteiger partial charge is 0.251 e. The lowest BCUT2D eigenvalue weighted by Crippen LogP contribution is -2.38. The summed E-state index contributed by atoms with van der Waals surface area (Å²) >= 11 is 3.32. The van der Waals surface area contributed by atoms with Crippen LogP contribution >= 0.6 is 15.9 Å². The average molecular weight is 459 g/mol. The van der Waals surface area contributed by atoms with Crippen LogP contribution in [0.4, 0.5) is 11.4 Å². The van der Waals surface area contributed by atoms with Gasteiger partial charge < -0.3 is 21.3 Å². The van der Waals surface area contributed by atoms with Crippen LogP contribution in [-0.4, -0.2) is 37.4 Å². The zero-order chi connectivity index (χ0) is 20.8. The van der Waals surface area contributed by atoms with Gasteiger partial charge in [-0.15, -0.1) is 0 Å². The molecule has 0 unspecified atom stereocenters. The molecule has 0 saturated carbocycles. The molecule has 0 radical (unpaired) electrons. The lowest BCUT2D eigenvalue weighted by molar-refractivity contribution is -0.122. The van der Waals surface area contributed by atoms with E-state index in [1.165, 1.54) is 0 Å². The molecule has 1 aliphatic heterocycles. The predicted molar refractivity (Wildman–Crippen MR) is 116 cm³/mol. The fraction of sp³-hybridized carbons (Fsp3) is 0.286. The normalized spacial score (nSPS) is 14.3. The van der Waals surface area contributed by atoms with Gasteiger partial charge >= 0.3 is 0 Å². The van der Waals surface area contributed by atoms with Gasteiger partial charge in [-0.1, -0.05) is 22.0 Å². The highest BCUT2D eigenvalue weighted by molar-refractivity contribution is 9.10. The third-order valence-electron chi connectivity index (χ3n) is 4.91. The van der Waals surface area contributed by atoms with Crippen LogP contribution in [0.5, 0.6) is 0 Å². The number of piperidine rings is 1. The van der Waals surface area contributed by atoms with Crippen molar-refractivity contribution in [1.82, 2.24) is 5.32 Å². The van der Waals surface area contributed by atoms with Crippen LogP contribution in [0.2, 0.25) is 0 Å². The molecule has 3 rings (SSSR count). The summed E-state index contributed by atoms with van der Waals surface area (Å²) in [5.74, 6) is -0.883. The first-order chi connectivity index (χ1) is 13.9. The summed E-state index contributed by atoms with van der Waals surface area (Å²) in [4.78, 5) is 37.7. The van der Waals surface area contributed by atoms with Crippen molar-refractivity contribution >= 4 is 45.0 Å². The van der Waals surface area contributed by atoms with Crippen molar-refractivity contribution < 1.29 is 14.4 Å². The topological polar surface area (TPSA) is 105 Å². The number of hydrogen-bond donors (Lipinski definition) is 3. The number of carbonyl (C=O) groups is 3. The highest BCUT2D eigenvalue weighted by Gasteiger charge is 2.23. The largest absolute Gasteiger partial charge is 0.371 e. The molecule has 0 aliphatic carbocycles. The highest BCUT2D eigenvalue weighted by atomic mass is 79.9. The Labute approximate surface area is 177 Å². The Morgan fingerprint density at radius 1 is 1.07 bits per heavy atom. The van der Waals surface area contributed by atoms with E-state index >= 15 is 0 Å². The maximum atomic E-state index is 12.1. The molecule has 2 aromatic rings. The number of anilines is 2. The van der Waals surface area contributed by atoms with Crippen LogP contribution in [-0.2, 0) is 9.59 Å². The van der Waals surface area contributed by atoms with Crippen molar-refractivity contribution in [3.8, 4) is 0 Å². The first-order valence-corrected chi connectivity index (χ1v) is 10.2. The summed E-state index contributed by atoms with van der Waals surface area (Å²) < 4.78 is 0.800. The molecule has 1 aliphatic rings. The molecule has 0 spiro atoms. The molecule has 8 heteroatoms. The molecule has 0 bridgehead atoms. The van der Waals surface area contributed by atoms with Gasteiger partial charge in [0.25, 0.3) is 5.91 Å². The third kappa shape index (κ3) is 5.80. The molecule has 4 N–H and O–H groups in total. The minimum atomic E-state index is -0.309. The molecule has 1 heterocycles. The van der Waals surface area contributed by atoms with Crippen LogP contribution in [0.3, 0.4) is 0 Å². The fourth-order valence-electron chi connectivity index (χ4n) is 3.28. The van der Waals surface area contributed by atoms with Gasteiger partial charge in [-0.3, -0.25) is 14.4 Å². The van der Waals surface area contributed by atoms with E-state index in [9.17, 15) is 14.4 Å². The zero-order valence-electron chi connectivity index (χ0n) is 15.9. The molecule has 2 aromatic carbocycles. The van der Waals surface area contributed by atoms with E-state index in [-0.39, 0.29) is 30.2 Å². The molecule has 29 heavy (non-hydrogen) atoms. The first kappa shape index (κ1) is 20.9. The Kier molecular flexibility index (Phi) is 6.87. The summed E-state index contributed by atoms with van der Waals surface area (Å²) in [5, 5.41) is 5.37. The van der Waals surface area contributed by atoms with Crippen molar-refractivity contribution in [2.45, 2.75) is 12.8 Å². The summed E-state index contributed by atoms with van der Waals surface area (Å²) in [7, 11) is 0. The Morgan fingerprint density at radius 3 is 2.38 bits per heavy atom. The minimum Gasteiger partial charge on any atom is -0.371 e. The van der Waals surface area contributed by atoms with Crippen LogP contribution in [0.1, 0.15) is 23.2 Å². The number of rotatable bonds is 6. The van der Waals surface area contributed by atoms with Gasteiger partial charge in [0.1, 0.15) is 0 Å². The zero-order valence-corrected chi connectivity index (χ0v) is 17.4. The van der Waals surface area contributed by atoms with Gasteiger partial charge in [-0.05, 0) is 55.3 Å². The molecule has 1 saturated heterocycles. The van der Waals surface area contributed by atoms with Crippen LogP contribution in [0.25, 0.3) is 0 Å². The second kappa shape index (κ2) is 9.56. The minimum absolute atomic E-state index is 0.0444. The van der Waals surface area contributed by atoms with E-state index < -0.39 is 0 Å². The fourth-order valence-corrected chi connectivity index (χ4v) is 3.67. The Hall–Kier alpha value is -2.87. The summed E-state index contributed by atoms with van der Waals surface area (Å²) in [5.41, 5.74) is 7.55. The van der Waals surface area contributed by atoms with Crippen molar-refractivity contribution in [1.29, 1.82) is 0 Å². The molecular weight excluding hydrogens is 436 g/mol. The van der Waals surface area contributed by atoms with E-state index in [2.05, 4.69) is 31.5 Å². The average Bonchev–Trinajstić information content (AvgIpc) is 2.72. The summed E-state index contributed by atoms with van der Waals surface area (Å²) in [6.07, 6.45) is 1.51. The Morgan fingerprint density at radius 2 is 1.76 bits per heavy atom. The molecule has 0 atom stereocenters. The molecule has 1 fully saturated rings. The summed E-state index contributed by atoms with van der Waals surface area (Å²) in [6, 6.07) is 14.5. The molecular formula is C21H23BrN4O3. The number of nitrogens with two attached hydrogens (primary N) is 1. The van der Waals surface area contributed by atoms with Crippen molar-refractivity contribution in [2.75, 3.05) is 29.9 Å². The van der Waals surface area contributed by atoms with Gasteiger partial charge in [-0.25, -0.2) is 0 Å². The van der Waals surface area contributed by atoms with Gasteiger partial charge in [0.2, 0.25) is 11.8 Å². The molecule has 7 nitrogen and oxygen atoms in total. The maximum absolute atomic E-state index is 12.1. The number of halogens is 1. The molecule has 0 aromatic heterocycles. The number of nitrogens with one attached hydrogen (secondary N) is 2. The SMILES string of the molecule is NC(=O)C1CCN(c2ccc(NC(=O)CNC(=O)c3cccc(Br)c3)cc2)CC1. The second-order valence-corrected chi connectivity index (χ2v) is 7.87. The first-order valence-electron chi connectivity index (χ1n) is 9.40. The van der Waals surface area contributed by atoms with Gasteiger partial charge in [0.05, 0.1) is 6.54 Å². The van der Waals surface area contributed by atoms with Crippen molar-refractivity contribution in [2.24, 2.45) is 11.7 Å². The van der Waals surface area contributed by atoms with Crippen LogP contribution in [0, 0.1) is 5.92 Å². The Balaban J connectivity index is 1.47. The van der Waals surface area contributed by atoms with Crippen LogP contribution in [0.15, 0.2) is 53.0 Å². The van der Waals surface area contributed by atoms with Gasteiger partial charge in [0.15, 0.2) is 0 Å². The van der Waals surface area contributed by atoms with Crippen molar-refractivity contribution in [3.63, 3.8) is 0 Å². The molecule has 152 valence electrons. The Bertz CT molecular complexity index is 893. The summed E-state index contributed by atoms with van der Waals surface area (Å²) in [6.45, 7) is 1.44. The number of carbonyl (C=O) groups excluding carboxylic acids is 3. The van der Waals surface area contributed by atoms with E-state index in [0.717, 1.165) is 36.1 Å². The quantitative estimate of drug-likeness (QED) is 0.618. The van der Waals surface area contributed by atoms with E-state index in [1.54, 1.807) is 18.2 Å². The second-order valence-electron chi connectivity index (χ2n) is 6.95. The van der Waals surface area contributed by atoms with Crippen molar-refractivity contribution in [3.05, 3.63) is 58.6 Å². The predicted octanol–water partition coefficient (Wildman–Crippen LogP) is 2.52. The third-order valence-corrected chi connectivity index (χ3v) is 5.40. The lowest BCUT2D eigenvalue weighted by atomic mass is 9.96. The lowest BCUT2D eigenvalue weighted by Gasteiger charge is -2.32. The standard InChI is InChI=1S/C21H23BrN4O3/c22-16-3-1-2-15(12-16)21(29)24-13-19(27)25-17-4-6-18(7-5-17)26-10-8-14(9-11-26)20(23)28/h1-7,12,14H,8-11,13H2,(H2,23,28)(H,24,29)(H,25,27). The van der Waals surface area contributed by atoms with Gasteiger partial charge in [0, 0.05) is 40.4 Å². The number of benzene rings is 2. The number of hydrogen-bond acceptors (Lipinski definition) is 4. The van der Waals surface area contributed by atoms with Crippen LogP contribution < -0.4 is 21.3 Å². The number of amides is 3. The van der Waals surface area contributed by atoms with E-state index in [4.69, 9.17) is 5.73 Å². The number of nitrogens with zero attached hydrogens (tertiary/aromatic N) is 1. The number of primary amides is 1. The maximum Gasteiger partial charge on any atom is 0.251 e. The van der Waals surface area contributed by atoms with E-state index in [0.29, 0.717) is 11.3 Å².